The summed E-state index contributed by atoms with van der Waals surface area (Å²) in [5.41, 5.74) is 3.04. The molecule has 2 heterocycles. The van der Waals surface area contributed by atoms with Gasteiger partial charge in [0.15, 0.2) is 12.4 Å². The van der Waals surface area contributed by atoms with Gasteiger partial charge in [0, 0.05) is 18.2 Å². The highest BCUT2D eigenvalue weighted by molar-refractivity contribution is 5.97. The molecule has 0 unspecified atom stereocenters. The predicted molar refractivity (Wildman–Crippen MR) is 132 cm³/mol. The zero-order valence-corrected chi connectivity index (χ0v) is 20.6. The molecule has 1 atom stereocenters. The van der Waals surface area contributed by atoms with Crippen LogP contribution in [-0.4, -0.2) is 44.7 Å². The quantitative estimate of drug-likeness (QED) is 0.301. The number of aromatic amines is 1. The van der Waals surface area contributed by atoms with Crippen molar-refractivity contribution in [3.05, 3.63) is 93.5 Å². The van der Waals surface area contributed by atoms with Gasteiger partial charge in [-0.15, -0.1) is 0 Å². The molecule has 2 aromatic heterocycles. The number of nitrogens with zero attached hydrogens (tertiary/aromatic N) is 3. The van der Waals surface area contributed by atoms with Gasteiger partial charge < -0.3 is 15.4 Å². The molecule has 0 fully saturated rings. The number of aryl methyl sites for hydroxylation is 1. The molecule has 2 amide bonds. The monoisotopic (exact) mass is 554 g/mol. The van der Waals surface area contributed by atoms with Gasteiger partial charge in [0.1, 0.15) is 23.5 Å². The number of H-pyrrole nitrogens is 1. The van der Waals surface area contributed by atoms with E-state index in [1.807, 2.05) is 12.1 Å². The summed E-state index contributed by atoms with van der Waals surface area (Å²) in [7, 11) is 0. The van der Waals surface area contributed by atoms with E-state index in [-0.39, 0.29) is 29.7 Å². The standard InChI is InChI=1S/C26H21F3N6O5/c27-26(28,29)12-39-17-3-1-2-14(8-17)11-30-23(36)20-10-21(32-13-31-20)24(37)33-19-7-5-15-9-16(4-6-18(15)19)22-34-25(38)40-35-22/h1-4,6,8-10,13,19H,5,7,11-12H2,(H,30,36)(H,33,37)(H,34,35,38)/t19-/m0/s1. The summed E-state index contributed by atoms with van der Waals surface area (Å²) in [5, 5.41) is 9.22. The largest absolute Gasteiger partial charge is 0.484 e. The van der Waals surface area contributed by atoms with Crippen LogP contribution in [0.4, 0.5) is 13.2 Å². The van der Waals surface area contributed by atoms with Gasteiger partial charge in [-0.3, -0.25) is 19.1 Å². The lowest BCUT2D eigenvalue weighted by atomic mass is 10.0. The number of nitrogens with one attached hydrogen (secondary N) is 3. The zero-order chi connectivity index (χ0) is 28.3. The second kappa shape index (κ2) is 11.0. The molecular formula is C26H21F3N6O5. The van der Waals surface area contributed by atoms with Gasteiger partial charge in [0.2, 0.25) is 0 Å². The average molecular weight is 554 g/mol. The molecule has 0 saturated carbocycles. The van der Waals surface area contributed by atoms with E-state index >= 15 is 0 Å². The van der Waals surface area contributed by atoms with Crippen molar-refractivity contribution in [3.8, 4) is 17.1 Å². The second-order valence-electron chi connectivity index (χ2n) is 8.94. The topological polar surface area (TPSA) is 152 Å². The van der Waals surface area contributed by atoms with Crippen molar-refractivity contribution in [1.82, 2.24) is 30.7 Å². The summed E-state index contributed by atoms with van der Waals surface area (Å²) in [6.45, 7) is -1.43. The fourth-order valence-corrected chi connectivity index (χ4v) is 4.29. The van der Waals surface area contributed by atoms with Crippen LogP contribution in [0.2, 0.25) is 0 Å². The Morgan fingerprint density at radius 3 is 2.62 bits per heavy atom. The maximum Gasteiger partial charge on any atom is 0.439 e. The molecule has 0 bridgehead atoms. The lowest BCUT2D eigenvalue weighted by molar-refractivity contribution is -0.153. The second-order valence-corrected chi connectivity index (χ2v) is 8.94. The van der Waals surface area contributed by atoms with Gasteiger partial charge in [-0.2, -0.15) is 13.2 Å². The third kappa shape index (κ3) is 6.34. The Kier molecular flexibility index (Phi) is 7.31. The number of amides is 2. The molecule has 1 aliphatic rings. The van der Waals surface area contributed by atoms with E-state index < -0.39 is 30.4 Å². The van der Waals surface area contributed by atoms with Crippen molar-refractivity contribution in [2.45, 2.75) is 31.6 Å². The summed E-state index contributed by atoms with van der Waals surface area (Å²) in [6, 6.07) is 12.4. The number of carbonyl (C=O) groups is 2. The number of ether oxygens (including phenoxy) is 1. The lowest BCUT2D eigenvalue weighted by Crippen LogP contribution is -2.29. The van der Waals surface area contributed by atoms with Gasteiger partial charge in [-0.1, -0.05) is 29.4 Å². The Morgan fingerprint density at radius 1 is 1.07 bits per heavy atom. The molecule has 11 nitrogen and oxygen atoms in total. The predicted octanol–water partition coefficient (Wildman–Crippen LogP) is 3.11. The van der Waals surface area contributed by atoms with E-state index in [9.17, 15) is 27.6 Å². The van der Waals surface area contributed by atoms with E-state index in [1.54, 1.807) is 12.1 Å². The lowest BCUT2D eigenvalue weighted by Gasteiger charge is -2.14. The highest BCUT2D eigenvalue weighted by Crippen LogP contribution is 2.33. The number of fused-ring (bicyclic) bond motifs is 1. The smallest absolute Gasteiger partial charge is 0.439 e. The van der Waals surface area contributed by atoms with Crippen LogP contribution in [0.3, 0.4) is 0 Å². The van der Waals surface area contributed by atoms with Crippen molar-refractivity contribution in [1.29, 1.82) is 0 Å². The van der Waals surface area contributed by atoms with Crippen LogP contribution in [0.5, 0.6) is 5.75 Å². The number of benzene rings is 2. The van der Waals surface area contributed by atoms with Crippen LogP contribution in [0.25, 0.3) is 11.4 Å². The zero-order valence-electron chi connectivity index (χ0n) is 20.6. The fourth-order valence-electron chi connectivity index (χ4n) is 4.29. The first-order valence-corrected chi connectivity index (χ1v) is 12.0. The van der Waals surface area contributed by atoms with Crippen molar-refractivity contribution < 1.29 is 32.0 Å². The Bertz CT molecular complexity index is 1620. The van der Waals surface area contributed by atoms with Gasteiger partial charge in [0.05, 0.1) is 6.04 Å². The highest BCUT2D eigenvalue weighted by Gasteiger charge is 2.28. The SMILES string of the molecule is O=C(NCc1cccc(OCC(F)(F)F)c1)c1cc(C(=O)N[C@H]2CCc3cc(-c4noc(=O)[nH]4)ccc32)ncn1. The number of hydrogen-bond donors (Lipinski definition) is 3. The highest BCUT2D eigenvalue weighted by atomic mass is 19.4. The molecule has 1 aliphatic carbocycles. The van der Waals surface area contributed by atoms with Crippen molar-refractivity contribution in [2.75, 3.05) is 6.61 Å². The summed E-state index contributed by atoms with van der Waals surface area (Å²) >= 11 is 0. The van der Waals surface area contributed by atoms with Gasteiger partial charge in [-0.25, -0.2) is 14.8 Å². The minimum Gasteiger partial charge on any atom is -0.484 e. The minimum absolute atomic E-state index is 0.00332. The van der Waals surface area contributed by atoms with Gasteiger partial charge in [-0.05, 0) is 47.7 Å². The van der Waals surface area contributed by atoms with Crippen LogP contribution in [-0.2, 0) is 13.0 Å². The average Bonchev–Trinajstić information content (AvgIpc) is 3.56. The first-order valence-electron chi connectivity index (χ1n) is 12.0. The number of carbonyl (C=O) groups excluding carboxylic acids is 2. The van der Waals surface area contributed by atoms with Crippen LogP contribution < -0.4 is 21.1 Å². The van der Waals surface area contributed by atoms with E-state index in [2.05, 4.69) is 35.3 Å². The van der Waals surface area contributed by atoms with Crippen molar-refractivity contribution in [3.63, 3.8) is 0 Å². The third-order valence-electron chi connectivity index (χ3n) is 6.13. The van der Waals surface area contributed by atoms with E-state index in [4.69, 9.17) is 4.74 Å². The fraction of sp³-hybridized carbons (Fsp3) is 0.231. The Morgan fingerprint density at radius 2 is 1.88 bits per heavy atom. The van der Waals surface area contributed by atoms with Crippen LogP contribution in [0.15, 0.2) is 64.2 Å². The summed E-state index contributed by atoms with van der Waals surface area (Å²) in [4.78, 5) is 47.2. The summed E-state index contributed by atoms with van der Waals surface area (Å²) < 4.78 is 46.4. The van der Waals surface area contributed by atoms with Crippen LogP contribution in [0, 0.1) is 0 Å². The molecule has 3 N–H and O–H groups in total. The Labute approximate surface area is 223 Å². The van der Waals surface area contributed by atoms with Gasteiger partial charge >= 0.3 is 11.9 Å². The number of alkyl halides is 3. The molecule has 5 rings (SSSR count). The molecule has 4 aromatic rings. The van der Waals surface area contributed by atoms with E-state index in [1.165, 1.54) is 24.3 Å². The number of aromatic nitrogens is 4. The molecule has 0 saturated heterocycles. The minimum atomic E-state index is -4.47. The van der Waals surface area contributed by atoms with Crippen molar-refractivity contribution in [2.24, 2.45) is 0 Å². The molecular weight excluding hydrogens is 533 g/mol. The summed E-state index contributed by atoms with van der Waals surface area (Å²) in [5.74, 6) is -1.41. The number of halogens is 3. The molecule has 14 heteroatoms. The maximum absolute atomic E-state index is 12.9. The molecule has 0 aliphatic heterocycles. The normalized spacial score (nSPS) is 14.4. The Balaban J connectivity index is 1.20. The molecule has 2 aromatic carbocycles. The van der Waals surface area contributed by atoms with E-state index in [0.29, 0.717) is 29.8 Å². The summed E-state index contributed by atoms with van der Waals surface area (Å²) in [6.07, 6.45) is -2.03. The number of rotatable bonds is 8. The molecule has 40 heavy (non-hydrogen) atoms. The van der Waals surface area contributed by atoms with Gasteiger partial charge in [0.25, 0.3) is 11.8 Å². The van der Waals surface area contributed by atoms with Crippen LogP contribution in [0.1, 0.15) is 50.1 Å². The van der Waals surface area contributed by atoms with E-state index in [0.717, 1.165) is 17.5 Å². The molecule has 0 radical (unpaired) electrons. The van der Waals surface area contributed by atoms with Crippen molar-refractivity contribution >= 4 is 11.8 Å². The third-order valence-corrected chi connectivity index (χ3v) is 6.13. The molecule has 206 valence electrons. The first-order chi connectivity index (χ1) is 19.1. The molecule has 0 spiro atoms. The first kappa shape index (κ1) is 26.6. The maximum atomic E-state index is 12.9. The van der Waals surface area contributed by atoms with Crippen LogP contribution >= 0.6 is 0 Å². The number of hydrogen-bond acceptors (Lipinski definition) is 8. The Hall–Kier alpha value is -5.01.